The van der Waals surface area contributed by atoms with Gasteiger partial charge in [-0.15, -0.1) is 0 Å². The molecule has 31 heavy (non-hydrogen) atoms. The summed E-state index contributed by atoms with van der Waals surface area (Å²) in [4.78, 5) is 26.6. The SMILES string of the molecule is COc1ccc(C(=O)OCC(=O)N2C[C@@H](C)C[C@H](C)C2)cc1S(=O)(=O)N1CCOCC1. The van der Waals surface area contributed by atoms with E-state index in [9.17, 15) is 18.0 Å². The zero-order chi connectivity index (χ0) is 22.6. The van der Waals surface area contributed by atoms with E-state index in [4.69, 9.17) is 14.2 Å². The molecule has 10 heteroatoms. The number of piperidine rings is 1. The number of rotatable bonds is 6. The van der Waals surface area contributed by atoms with Crippen LogP contribution in [0.5, 0.6) is 5.75 Å². The molecule has 0 radical (unpaired) electrons. The van der Waals surface area contributed by atoms with Gasteiger partial charge < -0.3 is 19.1 Å². The highest BCUT2D eigenvalue weighted by atomic mass is 32.2. The second-order valence-corrected chi connectivity index (χ2v) is 10.1. The molecule has 2 aliphatic rings. The van der Waals surface area contributed by atoms with Crippen molar-refractivity contribution in [2.75, 3.05) is 53.1 Å². The number of hydrogen-bond acceptors (Lipinski definition) is 7. The number of likely N-dealkylation sites (tertiary alicyclic amines) is 1. The lowest BCUT2D eigenvalue weighted by Gasteiger charge is -2.34. The molecule has 0 aromatic heterocycles. The Morgan fingerprint density at radius 3 is 2.39 bits per heavy atom. The molecule has 0 spiro atoms. The molecule has 0 saturated carbocycles. The lowest BCUT2D eigenvalue weighted by molar-refractivity contribution is -0.137. The number of ether oxygens (including phenoxy) is 3. The fourth-order valence-electron chi connectivity index (χ4n) is 4.10. The summed E-state index contributed by atoms with van der Waals surface area (Å²) in [5.41, 5.74) is 0.0424. The predicted octanol–water partition coefficient (Wildman–Crippen LogP) is 1.38. The Bertz CT molecular complexity index is 902. The highest BCUT2D eigenvalue weighted by molar-refractivity contribution is 7.89. The Kier molecular flexibility index (Phi) is 7.55. The lowest BCUT2D eigenvalue weighted by atomic mass is 9.92. The number of amides is 1. The summed E-state index contributed by atoms with van der Waals surface area (Å²) in [6, 6.07) is 4.08. The quantitative estimate of drug-likeness (QED) is 0.598. The summed E-state index contributed by atoms with van der Waals surface area (Å²) in [5, 5.41) is 0. The van der Waals surface area contributed by atoms with Gasteiger partial charge in [-0.1, -0.05) is 13.8 Å². The van der Waals surface area contributed by atoms with E-state index in [-0.39, 0.29) is 41.8 Å². The number of carbonyl (C=O) groups excluding carboxylic acids is 2. The van der Waals surface area contributed by atoms with Gasteiger partial charge in [0.05, 0.1) is 25.9 Å². The fourth-order valence-corrected chi connectivity index (χ4v) is 5.69. The maximum absolute atomic E-state index is 13.1. The molecule has 0 unspecified atom stereocenters. The molecule has 0 bridgehead atoms. The van der Waals surface area contributed by atoms with Gasteiger partial charge >= 0.3 is 5.97 Å². The van der Waals surface area contributed by atoms with Crippen molar-refractivity contribution in [1.29, 1.82) is 0 Å². The summed E-state index contributed by atoms with van der Waals surface area (Å²) in [6.45, 7) is 6.15. The highest BCUT2D eigenvalue weighted by Gasteiger charge is 2.31. The Labute approximate surface area is 183 Å². The zero-order valence-corrected chi connectivity index (χ0v) is 19.0. The van der Waals surface area contributed by atoms with Gasteiger partial charge in [0.1, 0.15) is 10.6 Å². The number of sulfonamides is 1. The summed E-state index contributed by atoms with van der Waals surface area (Å²) < 4.78 is 43.0. The number of benzene rings is 1. The number of carbonyl (C=O) groups is 2. The van der Waals surface area contributed by atoms with Gasteiger partial charge in [0.2, 0.25) is 10.0 Å². The minimum Gasteiger partial charge on any atom is -0.495 e. The second kappa shape index (κ2) is 9.97. The smallest absolute Gasteiger partial charge is 0.338 e. The van der Waals surface area contributed by atoms with Crippen LogP contribution in [-0.4, -0.2) is 82.6 Å². The first-order chi connectivity index (χ1) is 14.7. The fraction of sp³-hybridized carbons (Fsp3) is 0.619. The first kappa shape index (κ1) is 23.5. The number of hydrogen-bond donors (Lipinski definition) is 0. The van der Waals surface area contributed by atoms with Gasteiger partial charge in [-0.25, -0.2) is 13.2 Å². The minimum absolute atomic E-state index is 0.0424. The van der Waals surface area contributed by atoms with Crippen molar-refractivity contribution in [3.63, 3.8) is 0 Å². The minimum atomic E-state index is -3.88. The first-order valence-corrected chi connectivity index (χ1v) is 11.9. The molecule has 1 aromatic carbocycles. The highest BCUT2D eigenvalue weighted by Crippen LogP contribution is 2.29. The molecule has 2 fully saturated rings. The molecular weight excluding hydrogens is 424 g/mol. The van der Waals surface area contributed by atoms with Crippen molar-refractivity contribution in [2.24, 2.45) is 11.8 Å². The van der Waals surface area contributed by atoms with E-state index in [1.807, 2.05) is 0 Å². The molecule has 2 aliphatic heterocycles. The normalized spacial score (nSPS) is 22.7. The van der Waals surface area contributed by atoms with E-state index in [1.54, 1.807) is 4.90 Å². The van der Waals surface area contributed by atoms with Crippen LogP contribution in [0.3, 0.4) is 0 Å². The average Bonchev–Trinajstić information content (AvgIpc) is 2.76. The van der Waals surface area contributed by atoms with Crippen molar-refractivity contribution in [3.8, 4) is 5.75 Å². The molecular formula is C21H30N2O7S. The number of esters is 1. The van der Waals surface area contributed by atoms with Crippen molar-refractivity contribution in [3.05, 3.63) is 23.8 Å². The standard InChI is InChI=1S/C21H30N2O7S/c1-15-10-16(2)13-22(12-15)20(24)14-30-21(25)17-4-5-18(28-3)19(11-17)31(26,27)23-6-8-29-9-7-23/h4-5,11,15-16H,6-10,12-14H2,1-3H3/t15-,16-/m0/s1. The van der Waals surface area contributed by atoms with Crippen LogP contribution < -0.4 is 4.74 Å². The molecule has 0 N–H and O–H groups in total. The molecule has 2 heterocycles. The van der Waals surface area contributed by atoms with Crippen LogP contribution in [0.15, 0.2) is 23.1 Å². The van der Waals surface area contributed by atoms with Crippen LogP contribution in [0, 0.1) is 11.8 Å². The maximum Gasteiger partial charge on any atom is 0.338 e. The summed E-state index contributed by atoms with van der Waals surface area (Å²) in [6.07, 6.45) is 1.07. The van der Waals surface area contributed by atoms with E-state index in [0.29, 0.717) is 38.1 Å². The van der Waals surface area contributed by atoms with Gasteiger partial charge in [-0.05, 0) is 36.5 Å². The van der Waals surface area contributed by atoms with Crippen LogP contribution in [0.4, 0.5) is 0 Å². The average molecular weight is 455 g/mol. The molecule has 0 aliphatic carbocycles. The maximum atomic E-state index is 13.1. The van der Waals surface area contributed by atoms with Crippen LogP contribution in [-0.2, 0) is 24.3 Å². The third-order valence-electron chi connectivity index (χ3n) is 5.54. The number of methoxy groups -OCH3 is 1. The molecule has 2 atom stereocenters. The van der Waals surface area contributed by atoms with Gasteiger partial charge in [0.25, 0.3) is 5.91 Å². The van der Waals surface area contributed by atoms with Crippen LogP contribution in [0.1, 0.15) is 30.6 Å². The molecule has 172 valence electrons. The molecule has 3 rings (SSSR count). The van der Waals surface area contributed by atoms with Crippen LogP contribution in [0.2, 0.25) is 0 Å². The molecule has 1 amide bonds. The van der Waals surface area contributed by atoms with E-state index in [0.717, 1.165) is 6.42 Å². The number of nitrogens with zero attached hydrogens (tertiary/aromatic N) is 2. The van der Waals surface area contributed by atoms with Gasteiger partial charge in [-0.2, -0.15) is 4.31 Å². The molecule has 9 nitrogen and oxygen atoms in total. The second-order valence-electron chi connectivity index (χ2n) is 8.20. The van der Waals surface area contributed by atoms with E-state index in [1.165, 1.54) is 29.6 Å². The first-order valence-electron chi connectivity index (χ1n) is 10.4. The summed E-state index contributed by atoms with van der Waals surface area (Å²) >= 11 is 0. The van der Waals surface area contributed by atoms with Crippen molar-refractivity contribution in [2.45, 2.75) is 25.2 Å². The van der Waals surface area contributed by atoms with E-state index in [2.05, 4.69) is 13.8 Å². The Balaban J connectivity index is 1.71. The van der Waals surface area contributed by atoms with Crippen LogP contribution in [0.25, 0.3) is 0 Å². The topological polar surface area (TPSA) is 102 Å². The van der Waals surface area contributed by atoms with Crippen LogP contribution >= 0.6 is 0 Å². The van der Waals surface area contributed by atoms with Gasteiger partial charge in [0.15, 0.2) is 6.61 Å². The third-order valence-corrected chi connectivity index (χ3v) is 7.46. The van der Waals surface area contributed by atoms with E-state index >= 15 is 0 Å². The van der Waals surface area contributed by atoms with Crippen molar-refractivity contribution >= 4 is 21.9 Å². The zero-order valence-electron chi connectivity index (χ0n) is 18.2. The Morgan fingerprint density at radius 2 is 1.77 bits per heavy atom. The summed E-state index contributed by atoms with van der Waals surface area (Å²) in [7, 11) is -2.51. The van der Waals surface area contributed by atoms with Gasteiger partial charge in [0, 0.05) is 26.2 Å². The van der Waals surface area contributed by atoms with Crippen molar-refractivity contribution < 1.29 is 32.2 Å². The third kappa shape index (κ3) is 5.55. The van der Waals surface area contributed by atoms with Gasteiger partial charge in [-0.3, -0.25) is 4.79 Å². The Hall–Kier alpha value is -2.17. The molecule has 2 saturated heterocycles. The Morgan fingerprint density at radius 1 is 1.13 bits per heavy atom. The van der Waals surface area contributed by atoms with Crippen molar-refractivity contribution in [1.82, 2.24) is 9.21 Å². The van der Waals surface area contributed by atoms with E-state index < -0.39 is 16.0 Å². The predicted molar refractivity (Wildman–Crippen MR) is 112 cm³/mol. The largest absolute Gasteiger partial charge is 0.495 e. The molecule has 1 aromatic rings. The number of morpholine rings is 1. The lowest BCUT2D eigenvalue weighted by Crippen LogP contribution is -2.44. The monoisotopic (exact) mass is 454 g/mol. The summed E-state index contributed by atoms with van der Waals surface area (Å²) in [5.74, 6) is -0.0692.